The Kier molecular flexibility index (Phi) is 6.24. The zero-order valence-corrected chi connectivity index (χ0v) is 17.0. The van der Waals surface area contributed by atoms with Gasteiger partial charge in [0.05, 0.1) is 18.8 Å². The van der Waals surface area contributed by atoms with E-state index in [-0.39, 0.29) is 5.78 Å². The molecule has 0 spiro atoms. The molecule has 1 atom stereocenters. The maximum absolute atomic E-state index is 13.7. The maximum Gasteiger partial charge on any atom is 0.185 e. The van der Waals surface area contributed by atoms with Crippen LogP contribution >= 0.6 is 0 Å². The molecule has 0 bridgehead atoms. The van der Waals surface area contributed by atoms with Gasteiger partial charge in [-0.05, 0) is 57.6 Å². The molecule has 1 aromatic carbocycles. The summed E-state index contributed by atoms with van der Waals surface area (Å²) in [5, 5.41) is 11.6. The van der Waals surface area contributed by atoms with E-state index in [1.807, 2.05) is 50.2 Å². The van der Waals surface area contributed by atoms with Gasteiger partial charge in [-0.15, -0.1) is 0 Å². The number of anilines is 1. The number of carbonyl (C=O) groups is 1. The highest BCUT2D eigenvalue weighted by atomic mass is 16.5. The summed E-state index contributed by atoms with van der Waals surface area (Å²) in [6.07, 6.45) is 5.08. The average Bonchev–Trinajstić information content (AvgIpc) is 2.69. The molecule has 5 heteroatoms. The minimum Gasteiger partial charge on any atom is -0.387 e. The molecule has 1 aliphatic carbocycles. The normalized spacial score (nSPS) is 22.5. The minimum atomic E-state index is -0.969. The second-order valence-corrected chi connectivity index (χ2v) is 8.18. The van der Waals surface area contributed by atoms with Crippen molar-refractivity contribution in [3.63, 3.8) is 0 Å². The van der Waals surface area contributed by atoms with E-state index in [4.69, 9.17) is 4.74 Å². The molecule has 27 heavy (non-hydrogen) atoms. The Morgan fingerprint density at radius 2 is 1.74 bits per heavy atom. The Morgan fingerprint density at radius 1 is 1.15 bits per heavy atom. The van der Waals surface area contributed by atoms with E-state index in [1.54, 1.807) is 0 Å². The first-order chi connectivity index (χ1) is 12.9. The molecular formula is C22H34N2O3. The lowest BCUT2D eigenvalue weighted by Crippen LogP contribution is -2.67. The van der Waals surface area contributed by atoms with E-state index < -0.39 is 11.1 Å². The van der Waals surface area contributed by atoms with E-state index in [1.165, 1.54) is 0 Å². The summed E-state index contributed by atoms with van der Waals surface area (Å²) >= 11 is 0. The van der Waals surface area contributed by atoms with Crippen molar-refractivity contribution in [2.45, 2.75) is 56.6 Å². The van der Waals surface area contributed by atoms with Crippen LogP contribution in [-0.4, -0.2) is 67.3 Å². The van der Waals surface area contributed by atoms with Gasteiger partial charge in [-0.25, -0.2) is 0 Å². The van der Waals surface area contributed by atoms with Crippen LogP contribution in [0, 0.1) is 0 Å². The van der Waals surface area contributed by atoms with Gasteiger partial charge in [-0.1, -0.05) is 26.2 Å². The molecule has 1 N–H and O–H groups in total. The summed E-state index contributed by atoms with van der Waals surface area (Å²) in [4.78, 5) is 17.9. The van der Waals surface area contributed by atoms with Crippen molar-refractivity contribution in [2.24, 2.45) is 0 Å². The van der Waals surface area contributed by atoms with Crippen molar-refractivity contribution >= 4 is 11.5 Å². The van der Waals surface area contributed by atoms with Crippen molar-refractivity contribution in [3.05, 3.63) is 29.8 Å². The number of nitrogens with zero attached hydrogens (tertiary/aromatic N) is 2. The maximum atomic E-state index is 13.7. The second kappa shape index (κ2) is 8.29. The van der Waals surface area contributed by atoms with Gasteiger partial charge in [-0.2, -0.15) is 0 Å². The summed E-state index contributed by atoms with van der Waals surface area (Å²) in [5.41, 5.74) is -0.0445. The molecule has 1 saturated carbocycles. The summed E-state index contributed by atoms with van der Waals surface area (Å²) < 4.78 is 5.42. The fourth-order valence-electron chi connectivity index (χ4n) is 5.07. The highest BCUT2D eigenvalue weighted by molar-refractivity contribution is 6.04. The van der Waals surface area contributed by atoms with Crippen LogP contribution < -0.4 is 4.90 Å². The van der Waals surface area contributed by atoms with Crippen LogP contribution in [0.2, 0.25) is 0 Å². The van der Waals surface area contributed by atoms with Gasteiger partial charge in [0, 0.05) is 24.3 Å². The summed E-state index contributed by atoms with van der Waals surface area (Å²) in [5.74, 6) is 0.0351. The lowest BCUT2D eigenvalue weighted by Gasteiger charge is -2.51. The molecule has 1 saturated heterocycles. The first-order valence-electron chi connectivity index (χ1n) is 10.3. The molecule has 1 aliphatic heterocycles. The van der Waals surface area contributed by atoms with Crippen LogP contribution in [-0.2, 0) is 4.74 Å². The Balaban J connectivity index is 1.89. The van der Waals surface area contributed by atoms with Crippen LogP contribution in [0.5, 0.6) is 0 Å². The molecule has 0 amide bonds. The smallest absolute Gasteiger partial charge is 0.185 e. The zero-order valence-electron chi connectivity index (χ0n) is 17.0. The predicted molar refractivity (Wildman–Crippen MR) is 109 cm³/mol. The van der Waals surface area contributed by atoms with Gasteiger partial charge in [0.15, 0.2) is 5.78 Å². The molecule has 0 aromatic heterocycles. The molecule has 1 unspecified atom stereocenters. The summed E-state index contributed by atoms with van der Waals surface area (Å²) in [6.45, 7) is 5.26. The third-order valence-corrected chi connectivity index (χ3v) is 6.61. The quantitative estimate of drug-likeness (QED) is 0.776. The number of benzene rings is 1. The van der Waals surface area contributed by atoms with Crippen LogP contribution in [0.3, 0.4) is 0 Å². The van der Waals surface area contributed by atoms with Gasteiger partial charge < -0.3 is 14.7 Å². The Bertz CT molecular complexity index is 631. The Labute approximate surface area is 163 Å². The number of hydrogen-bond donors (Lipinski definition) is 1. The standard InChI is InChI=1S/C22H34N2O3/c1-4-22(23(2)3,21(26)12-6-5-7-13-21)20(25)18-8-10-19(11-9-18)24-14-16-27-17-15-24/h8-11,26H,4-7,12-17H2,1-3H3. The molecule has 3 rings (SSSR count). The van der Waals surface area contributed by atoms with Crippen molar-refractivity contribution < 1.29 is 14.6 Å². The topological polar surface area (TPSA) is 53.0 Å². The van der Waals surface area contributed by atoms with Crippen molar-refractivity contribution in [1.82, 2.24) is 4.90 Å². The van der Waals surface area contributed by atoms with Gasteiger partial charge in [0.1, 0.15) is 5.54 Å². The number of ether oxygens (including phenoxy) is 1. The first-order valence-corrected chi connectivity index (χ1v) is 10.3. The van der Waals surface area contributed by atoms with Gasteiger partial charge >= 0.3 is 0 Å². The fourth-order valence-corrected chi connectivity index (χ4v) is 5.07. The SMILES string of the molecule is CCC(C(=O)c1ccc(N2CCOCC2)cc1)(N(C)C)C1(O)CCCCC1. The number of aliphatic hydroxyl groups is 1. The largest absolute Gasteiger partial charge is 0.387 e. The van der Waals surface area contributed by atoms with Crippen molar-refractivity contribution in [2.75, 3.05) is 45.3 Å². The molecule has 0 radical (unpaired) electrons. The number of ketones is 1. The average molecular weight is 375 g/mol. The van der Waals surface area contributed by atoms with Gasteiger partial charge in [-0.3, -0.25) is 9.69 Å². The minimum absolute atomic E-state index is 0.0351. The highest BCUT2D eigenvalue weighted by Gasteiger charge is 2.56. The first kappa shape index (κ1) is 20.3. The lowest BCUT2D eigenvalue weighted by atomic mass is 9.65. The molecule has 1 aromatic rings. The Hall–Kier alpha value is -1.43. The zero-order chi connectivity index (χ0) is 19.5. The highest BCUT2D eigenvalue weighted by Crippen LogP contribution is 2.43. The monoisotopic (exact) mass is 374 g/mol. The lowest BCUT2D eigenvalue weighted by molar-refractivity contribution is -0.102. The predicted octanol–water partition coefficient (Wildman–Crippen LogP) is 3.11. The number of carbonyl (C=O) groups excluding carboxylic acids is 1. The number of likely N-dealkylation sites (N-methyl/N-ethyl adjacent to an activating group) is 1. The second-order valence-electron chi connectivity index (χ2n) is 8.18. The molecular weight excluding hydrogens is 340 g/mol. The Morgan fingerprint density at radius 3 is 2.26 bits per heavy atom. The third kappa shape index (κ3) is 3.65. The number of Topliss-reactive ketones (excluding diaryl/α,β-unsaturated/α-hetero) is 1. The van der Waals surface area contributed by atoms with Crippen LogP contribution in [0.15, 0.2) is 24.3 Å². The summed E-state index contributed by atoms with van der Waals surface area (Å²) in [7, 11) is 3.85. The molecule has 1 heterocycles. The number of rotatable bonds is 6. The third-order valence-electron chi connectivity index (χ3n) is 6.61. The van der Waals surface area contributed by atoms with E-state index in [0.717, 1.165) is 51.3 Å². The van der Waals surface area contributed by atoms with Crippen molar-refractivity contribution in [3.8, 4) is 0 Å². The van der Waals surface area contributed by atoms with E-state index in [9.17, 15) is 9.90 Å². The van der Waals surface area contributed by atoms with E-state index in [2.05, 4.69) is 4.90 Å². The fraction of sp³-hybridized carbons (Fsp3) is 0.682. The van der Waals surface area contributed by atoms with Crippen molar-refractivity contribution in [1.29, 1.82) is 0 Å². The number of morpholine rings is 1. The summed E-state index contributed by atoms with van der Waals surface area (Å²) in [6, 6.07) is 7.90. The molecule has 150 valence electrons. The molecule has 5 nitrogen and oxygen atoms in total. The van der Waals surface area contributed by atoms with Gasteiger partial charge in [0.2, 0.25) is 0 Å². The molecule has 2 aliphatic rings. The van der Waals surface area contributed by atoms with E-state index in [0.29, 0.717) is 24.8 Å². The number of hydrogen-bond acceptors (Lipinski definition) is 5. The van der Waals surface area contributed by atoms with Gasteiger partial charge in [0.25, 0.3) is 0 Å². The van der Waals surface area contributed by atoms with Crippen LogP contribution in [0.1, 0.15) is 55.8 Å². The molecule has 2 fully saturated rings. The van der Waals surface area contributed by atoms with Crippen LogP contribution in [0.4, 0.5) is 5.69 Å². The van der Waals surface area contributed by atoms with Crippen LogP contribution in [0.25, 0.3) is 0 Å². The van der Waals surface area contributed by atoms with E-state index >= 15 is 0 Å².